The van der Waals surface area contributed by atoms with Gasteiger partial charge >= 0.3 is 0 Å². The first-order chi connectivity index (χ1) is 13.2. The molecule has 2 aliphatic rings. The Balaban J connectivity index is 1.33. The first-order valence-electron chi connectivity index (χ1n) is 9.20. The summed E-state index contributed by atoms with van der Waals surface area (Å²) in [6.07, 6.45) is 2.32. The number of aliphatic imine (C=N–C) groups is 1. The molecule has 4 rings (SSSR count). The minimum atomic E-state index is 0.152. The highest BCUT2D eigenvalue weighted by molar-refractivity contribution is 5.79. The van der Waals surface area contributed by atoms with E-state index in [2.05, 4.69) is 27.8 Å². The standard InChI is InChI=1S/C21H25N3O3/c1-22-20(23-12-15-3-6-17(25-2)7-4-15)24-13-21(9-10-21)16-5-8-18-19(11-16)27-14-26-18/h3-8,11H,9-10,12-14H2,1-2H3,(H2,22,23,24). The van der Waals surface area contributed by atoms with Crippen LogP contribution in [0.1, 0.15) is 24.0 Å². The molecule has 0 atom stereocenters. The highest BCUT2D eigenvalue weighted by Crippen LogP contribution is 2.49. The molecule has 0 radical (unpaired) electrons. The summed E-state index contributed by atoms with van der Waals surface area (Å²) < 4.78 is 16.1. The molecule has 1 heterocycles. The number of nitrogens with one attached hydrogen (secondary N) is 2. The van der Waals surface area contributed by atoms with Crippen LogP contribution in [-0.4, -0.2) is 33.5 Å². The van der Waals surface area contributed by atoms with Crippen LogP contribution in [0, 0.1) is 0 Å². The molecular weight excluding hydrogens is 342 g/mol. The third-order valence-electron chi connectivity index (χ3n) is 5.28. The van der Waals surface area contributed by atoms with Crippen LogP contribution in [0.15, 0.2) is 47.5 Å². The van der Waals surface area contributed by atoms with Gasteiger partial charge in [0.1, 0.15) is 5.75 Å². The average Bonchev–Trinajstić information content (AvgIpc) is 3.36. The monoisotopic (exact) mass is 367 g/mol. The Bertz CT molecular complexity index is 829. The maximum absolute atomic E-state index is 5.53. The van der Waals surface area contributed by atoms with Crippen molar-refractivity contribution in [2.45, 2.75) is 24.8 Å². The fourth-order valence-electron chi connectivity index (χ4n) is 3.35. The molecule has 1 fully saturated rings. The van der Waals surface area contributed by atoms with E-state index in [1.165, 1.54) is 11.1 Å². The minimum absolute atomic E-state index is 0.152. The second-order valence-corrected chi connectivity index (χ2v) is 6.98. The maximum Gasteiger partial charge on any atom is 0.231 e. The number of ether oxygens (including phenoxy) is 3. The number of rotatable bonds is 6. The van der Waals surface area contributed by atoms with Crippen LogP contribution in [-0.2, 0) is 12.0 Å². The molecule has 0 unspecified atom stereocenters. The van der Waals surface area contributed by atoms with E-state index in [9.17, 15) is 0 Å². The van der Waals surface area contributed by atoms with Gasteiger partial charge in [0.25, 0.3) is 0 Å². The molecule has 0 spiro atoms. The van der Waals surface area contributed by atoms with Crippen LogP contribution in [0.3, 0.4) is 0 Å². The predicted molar refractivity (Wildman–Crippen MR) is 105 cm³/mol. The highest BCUT2D eigenvalue weighted by Gasteiger charge is 2.44. The van der Waals surface area contributed by atoms with E-state index in [4.69, 9.17) is 14.2 Å². The highest BCUT2D eigenvalue weighted by atomic mass is 16.7. The molecule has 0 amide bonds. The van der Waals surface area contributed by atoms with E-state index in [-0.39, 0.29) is 5.41 Å². The van der Waals surface area contributed by atoms with Gasteiger partial charge in [-0.3, -0.25) is 4.99 Å². The molecule has 1 aliphatic heterocycles. The van der Waals surface area contributed by atoms with Crippen molar-refractivity contribution in [3.05, 3.63) is 53.6 Å². The normalized spacial score (nSPS) is 16.7. The molecule has 0 saturated heterocycles. The van der Waals surface area contributed by atoms with Gasteiger partial charge in [0.15, 0.2) is 17.5 Å². The molecule has 6 heteroatoms. The zero-order valence-corrected chi connectivity index (χ0v) is 15.7. The topological polar surface area (TPSA) is 64.1 Å². The van der Waals surface area contributed by atoms with Crippen LogP contribution in [0.5, 0.6) is 17.2 Å². The zero-order valence-electron chi connectivity index (χ0n) is 15.7. The lowest BCUT2D eigenvalue weighted by Crippen LogP contribution is -2.40. The summed E-state index contributed by atoms with van der Waals surface area (Å²) in [6.45, 7) is 1.86. The molecule has 1 saturated carbocycles. The lowest BCUT2D eigenvalue weighted by atomic mass is 9.95. The van der Waals surface area contributed by atoms with Crippen molar-refractivity contribution in [1.29, 1.82) is 0 Å². The first kappa shape index (κ1) is 17.5. The molecule has 2 aromatic rings. The summed E-state index contributed by atoms with van der Waals surface area (Å²) >= 11 is 0. The Hall–Kier alpha value is -2.89. The van der Waals surface area contributed by atoms with Crippen molar-refractivity contribution in [3.8, 4) is 17.2 Å². The first-order valence-corrected chi connectivity index (χ1v) is 9.20. The number of methoxy groups -OCH3 is 1. The van der Waals surface area contributed by atoms with Crippen molar-refractivity contribution in [2.75, 3.05) is 27.5 Å². The third-order valence-corrected chi connectivity index (χ3v) is 5.28. The van der Waals surface area contributed by atoms with Crippen molar-refractivity contribution >= 4 is 5.96 Å². The van der Waals surface area contributed by atoms with E-state index in [0.29, 0.717) is 13.3 Å². The molecule has 0 aromatic heterocycles. The Kier molecular flexibility index (Phi) is 4.79. The predicted octanol–water partition coefficient (Wildman–Crippen LogP) is 2.82. The van der Waals surface area contributed by atoms with Crippen molar-refractivity contribution in [3.63, 3.8) is 0 Å². The molecule has 2 N–H and O–H groups in total. The Morgan fingerprint density at radius 3 is 2.56 bits per heavy atom. The summed E-state index contributed by atoms with van der Waals surface area (Å²) in [7, 11) is 3.47. The Labute approximate surface area is 159 Å². The number of hydrogen-bond acceptors (Lipinski definition) is 4. The summed E-state index contributed by atoms with van der Waals surface area (Å²) in [5, 5.41) is 6.84. The fourth-order valence-corrected chi connectivity index (χ4v) is 3.35. The van der Waals surface area contributed by atoms with Gasteiger partial charge in [-0.1, -0.05) is 18.2 Å². The Morgan fingerprint density at radius 1 is 1.07 bits per heavy atom. The van der Waals surface area contributed by atoms with Gasteiger partial charge in [-0.15, -0.1) is 0 Å². The van der Waals surface area contributed by atoms with Gasteiger partial charge < -0.3 is 24.8 Å². The van der Waals surface area contributed by atoms with Crippen LogP contribution in [0.25, 0.3) is 0 Å². The molecule has 2 aromatic carbocycles. The largest absolute Gasteiger partial charge is 0.497 e. The SMILES string of the molecule is CN=C(NCc1ccc(OC)cc1)NCC1(c2ccc3c(c2)OCO3)CC1. The number of guanidine groups is 1. The quantitative estimate of drug-likeness (QED) is 0.607. The average molecular weight is 367 g/mol. The van der Waals surface area contributed by atoms with E-state index in [0.717, 1.165) is 42.6 Å². The summed E-state index contributed by atoms with van der Waals surface area (Å²) in [5.41, 5.74) is 2.62. The van der Waals surface area contributed by atoms with Crippen molar-refractivity contribution < 1.29 is 14.2 Å². The van der Waals surface area contributed by atoms with Gasteiger partial charge in [-0.05, 0) is 48.2 Å². The van der Waals surface area contributed by atoms with Gasteiger partial charge in [-0.2, -0.15) is 0 Å². The Morgan fingerprint density at radius 2 is 1.85 bits per heavy atom. The summed E-state index contributed by atoms with van der Waals surface area (Å²) in [6, 6.07) is 14.3. The summed E-state index contributed by atoms with van der Waals surface area (Å²) in [4.78, 5) is 4.34. The maximum atomic E-state index is 5.53. The van der Waals surface area contributed by atoms with E-state index in [1.54, 1.807) is 14.2 Å². The molecule has 0 bridgehead atoms. The smallest absolute Gasteiger partial charge is 0.231 e. The van der Waals surface area contributed by atoms with Crippen LogP contribution in [0.4, 0.5) is 0 Å². The zero-order chi connectivity index (χ0) is 18.7. The fraction of sp³-hybridized carbons (Fsp3) is 0.381. The van der Waals surface area contributed by atoms with Crippen LogP contribution >= 0.6 is 0 Å². The second-order valence-electron chi connectivity index (χ2n) is 6.98. The van der Waals surface area contributed by atoms with Gasteiger partial charge in [0.05, 0.1) is 7.11 Å². The van der Waals surface area contributed by atoms with Gasteiger partial charge in [-0.25, -0.2) is 0 Å². The number of fused-ring (bicyclic) bond motifs is 1. The van der Waals surface area contributed by atoms with Crippen molar-refractivity contribution in [1.82, 2.24) is 10.6 Å². The van der Waals surface area contributed by atoms with E-state index < -0.39 is 0 Å². The lowest BCUT2D eigenvalue weighted by molar-refractivity contribution is 0.174. The van der Waals surface area contributed by atoms with Gasteiger partial charge in [0.2, 0.25) is 6.79 Å². The number of nitrogens with zero attached hydrogens (tertiary/aromatic N) is 1. The van der Waals surface area contributed by atoms with Crippen molar-refractivity contribution in [2.24, 2.45) is 4.99 Å². The van der Waals surface area contributed by atoms with Gasteiger partial charge in [0, 0.05) is 25.6 Å². The molecule has 6 nitrogen and oxygen atoms in total. The molecular formula is C21H25N3O3. The van der Waals surface area contributed by atoms with Crippen LogP contribution < -0.4 is 24.8 Å². The van der Waals surface area contributed by atoms with Crippen LogP contribution in [0.2, 0.25) is 0 Å². The number of benzene rings is 2. The minimum Gasteiger partial charge on any atom is -0.497 e. The lowest BCUT2D eigenvalue weighted by Gasteiger charge is -2.19. The summed E-state index contributed by atoms with van der Waals surface area (Å²) in [5.74, 6) is 3.35. The van der Waals surface area contributed by atoms with E-state index >= 15 is 0 Å². The third kappa shape index (κ3) is 3.79. The molecule has 1 aliphatic carbocycles. The second kappa shape index (κ2) is 7.39. The van der Waals surface area contributed by atoms with E-state index in [1.807, 2.05) is 30.3 Å². The molecule has 142 valence electrons. The number of hydrogen-bond donors (Lipinski definition) is 2. The molecule has 27 heavy (non-hydrogen) atoms.